The number of fused-ring (bicyclic) bond motifs is 1. The third-order valence-corrected chi connectivity index (χ3v) is 3.53. The summed E-state index contributed by atoms with van der Waals surface area (Å²) in [7, 11) is 0. The van der Waals surface area contributed by atoms with Gasteiger partial charge in [-0.2, -0.15) is 5.10 Å². The van der Waals surface area contributed by atoms with Crippen LogP contribution in [0.2, 0.25) is 0 Å². The highest BCUT2D eigenvalue weighted by Gasteiger charge is 2.15. The van der Waals surface area contributed by atoms with E-state index in [0.29, 0.717) is 6.07 Å². The van der Waals surface area contributed by atoms with Gasteiger partial charge in [-0.3, -0.25) is 9.59 Å². The highest BCUT2D eigenvalue weighted by Crippen LogP contribution is 2.23. The molecule has 1 aromatic carbocycles. The summed E-state index contributed by atoms with van der Waals surface area (Å²) in [5.41, 5.74) is -0.359. The smallest absolute Gasteiger partial charge is 0.303 e. The van der Waals surface area contributed by atoms with Crippen LogP contribution in [0.5, 0.6) is 0 Å². The number of carboxylic acid groups (broad SMARTS) is 1. The SMILES string of the molecule is Cl.O=C(O)CCC(O)=c1c(=O)cc(-c2cc(F)cc(F)c2)c2ncnn12. The fourth-order valence-corrected chi connectivity index (χ4v) is 2.49. The largest absolute Gasteiger partial charge is 0.510 e. The Labute approximate surface area is 150 Å². The lowest BCUT2D eigenvalue weighted by Gasteiger charge is -2.05. The summed E-state index contributed by atoms with van der Waals surface area (Å²) in [4.78, 5) is 27.0. The van der Waals surface area contributed by atoms with Crippen molar-refractivity contribution in [3.05, 3.63) is 57.8 Å². The Morgan fingerprint density at radius 1 is 1.08 bits per heavy atom. The molecule has 2 N–H and O–H groups in total. The predicted molar refractivity (Wildman–Crippen MR) is 90.0 cm³/mol. The number of carbonyl (C=O) groups is 1. The number of rotatable bonds is 4. The third kappa shape index (κ3) is 3.62. The second kappa shape index (κ2) is 7.44. The van der Waals surface area contributed by atoms with E-state index in [-0.39, 0.29) is 47.4 Å². The summed E-state index contributed by atoms with van der Waals surface area (Å²) < 4.78 is 28.0. The molecule has 0 saturated heterocycles. The standard InChI is InChI=1S/C16H11F2N3O4.ClH/c17-9-3-8(4-10(18)5-9)11-6-13(23)15(12(22)1-2-14(24)25)21-16(11)19-7-20-21;/h3-7,22H,1-2H2,(H,24,25);1H. The molecule has 0 unspecified atom stereocenters. The molecule has 0 aliphatic carbocycles. The maximum absolute atomic E-state index is 13.5. The van der Waals surface area contributed by atoms with Crippen LogP contribution in [0.1, 0.15) is 12.8 Å². The van der Waals surface area contributed by atoms with Crippen LogP contribution in [0.25, 0.3) is 22.5 Å². The number of benzene rings is 1. The minimum atomic E-state index is -1.14. The van der Waals surface area contributed by atoms with Crippen LogP contribution in [0.3, 0.4) is 0 Å². The second-order valence-electron chi connectivity index (χ2n) is 5.26. The summed E-state index contributed by atoms with van der Waals surface area (Å²) in [5.74, 6) is -3.24. The summed E-state index contributed by atoms with van der Waals surface area (Å²) in [6.45, 7) is 0. The van der Waals surface area contributed by atoms with Crippen LogP contribution in [0.15, 0.2) is 35.4 Å². The molecule has 0 fully saturated rings. The average Bonchev–Trinajstić information content (AvgIpc) is 2.99. The quantitative estimate of drug-likeness (QED) is 0.710. The molecule has 2 aromatic heterocycles. The number of carboxylic acids is 1. The van der Waals surface area contributed by atoms with Crippen LogP contribution >= 0.6 is 12.4 Å². The molecule has 0 saturated carbocycles. The van der Waals surface area contributed by atoms with Gasteiger partial charge in [0.2, 0.25) is 5.43 Å². The summed E-state index contributed by atoms with van der Waals surface area (Å²) in [5, 5.41) is 22.4. The second-order valence-corrected chi connectivity index (χ2v) is 5.26. The summed E-state index contributed by atoms with van der Waals surface area (Å²) in [6, 6.07) is 3.85. The van der Waals surface area contributed by atoms with Gasteiger partial charge < -0.3 is 10.2 Å². The van der Waals surface area contributed by atoms with Crippen molar-refractivity contribution in [2.24, 2.45) is 0 Å². The maximum atomic E-state index is 13.5. The molecule has 26 heavy (non-hydrogen) atoms. The molecule has 0 aliphatic rings. The highest BCUT2D eigenvalue weighted by molar-refractivity contribution is 5.85. The van der Waals surface area contributed by atoms with Crippen molar-refractivity contribution >= 4 is 29.8 Å². The first-order valence-corrected chi connectivity index (χ1v) is 7.14. The first kappa shape index (κ1) is 19.3. The molecule has 7 nitrogen and oxygen atoms in total. The maximum Gasteiger partial charge on any atom is 0.303 e. The predicted octanol–water partition coefficient (Wildman–Crippen LogP) is 1.71. The van der Waals surface area contributed by atoms with Crippen LogP contribution in [-0.4, -0.2) is 30.8 Å². The monoisotopic (exact) mass is 383 g/mol. The lowest BCUT2D eigenvalue weighted by Crippen LogP contribution is -2.34. The fraction of sp³-hybridized carbons (Fsp3) is 0.125. The van der Waals surface area contributed by atoms with Crippen LogP contribution < -0.4 is 10.8 Å². The first-order chi connectivity index (χ1) is 11.9. The van der Waals surface area contributed by atoms with Crippen molar-refractivity contribution in [1.29, 1.82) is 0 Å². The summed E-state index contributed by atoms with van der Waals surface area (Å²) >= 11 is 0. The van der Waals surface area contributed by atoms with Gasteiger partial charge in [0.05, 0.1) is 6.42 Å². The minimum Gasteiger partial charge on any atom is -0.510 e. The molecule has 0 bridgehead atoms. The number of aliphatic hydroxyl groups excluding tert-OH is 1. The molecule has 3 rings (SSSR count). The molecule has 3 aromatic rings. The molecule has 2 heterocycles. The first-order valence-electron chi connectivity index (χ1n) is 7.14. The Morgan fingerprint density at radius 2 is 1.73 bits per heavy atom. The zero-order chi connectivity index (χ0) is 18.1. The Balaban J connectivity index is 0.00000243. The van der Waals surface area contributed by atoms with E-state index in [9.17, 15) is 23.5 Å². The Bertz CT molecular complexity index is 1080. The fourth-order valence-electron chi connectivity index (χ4n) is 2.49. The van der Waals surface area contributed by atoms with E-state index in [0.717, 1.165) is 29.0 Å². The number of halogens is 3. The topological polar surface area (TPSA) is 105 Å². The molecule has 0 spiro atoms. The van der Waals surface area contributed by atoms with Crippen LogP contribution in [-0.2, 0) is 4.79 Å². The van der Waals surface area contributed by atoms with Crippen molar-refractivity contribution in [1.82, 2.24) is 14.6 Å². The highest BCUT2D eigenvalue weighted by atomic mass is 35.5. The van der Waals surface area contributed by atoms with Gasteiger partial charge in [-0.15, -0.1) is 12.4 Å². The average molecular weight is 384 g/mol. The number of nitrogens with zero attached hydrogens (tertiary/aromatic N) is 3. The van der Waals surface area contributed by atoms with Crippen LogP contribution in [0, 0.1) is 11.6 Å². The van der Waals surface area contributed by atoms with Gasteiger partial charge in [0.1, 0.15) is 23.7 Å². The van der Waals surface area contributed by atoms with Crippen molar-refractivity contribution in [3.63, 3.8) is 0 Å². The molecule has 0 amide bonds. The normalized spacial score (nSPS) is 11.9. The van der Waals surface area contributed by atoms with Gasteiger partial charge in [0.15, 0.2) is 11.0 Å². The number of aromatic nitrogens is 3. The number of pyridine rings is 1. The van der Waals surface area contributed by atoms with Crippen molar-refractivity contribution in [3.8, 4) is 11.1 Å². The zero-order valence-corrected chi connectivity index (χ0v) is 13.8. The van der Waals surface area contributed by atoms with Crippen LogP contribution in [0.4, 0.5) is 8.78 Å². The molecular formula is C16H12ClF2N3O4. The van der Waals surface area contributed by atoms with E-state index >= 15 is 0 Å². The van der Waals surface area contributed by atoms with Gasteiger partial charge in [-0.05, 0) is 23.8 Å². The Morgan fingerprint density at radius 3 is 2.35 bits per heavy atom. The van der Waals surface area contributed by atoms with Crippen molar-refractivity contribution < 1.29 is 23.8 Å². The van der Waals surface area contributed by atoms with E-state index in [1.807, 2.05) is 0 Å². The molecule has 0 atom stereocenters. The lowest BCUT2D eigenvalue weighted by molar-refractivity contribution is -0.136. The van der Waals surface area contributed by atoms with Gasteiger partial charge in [-0.1, -0.05) is 0 Å². The van der Waals surface area contributed by atoms with E-state index in [4.69, 9.17) is 5.11 Å². The molecule has 136 valence electrons. The van der Waals surface area contributed by atoms with Gasteiger partial charge in [0.25, 0.3) is 0 Å². The Hall–Kier alpha value is -3.07. The number of hydrogen-bond donors (Lipinski definition) is 2. The van der Waals surface area contributed by atoms with Crippen molar-refractivity contribution in [2.75, 3.05) is 0 Å². The molecule has 10 heteroatoms. The lowest BCUT2D eigenvalue weighted by atomic mass is 10.1. The van der Waals surface area contributed by atoms with Gasteiger partial charge in [-0.25, -0.2) is 18.3 Å². The van der Waals surface area contributed by atoms with Gasteiger partial charge in [0, 0.05) is 18.1 Å². The Kier molecular flexibility index (Phi) is 5.51. The van der Waals surface area contributed by atoms with E-state index in [1.54, 1.807) is 0 Å². The van der Waals surface area contributed by atoms with Crippen molar-refractivity contribution in [2.45, 2.75) is 12.8 Å². The number of aliphatic hydroxyl groups is 1. The summed E-state index contributed by atoms with van der Waals surface area (Å²) in [6.07, 6.45) is 0.466. The van der Waals surface area contributed by atoms with E-state index in [1.165, 1.54) is 0 Å². The number of hydrogen-bond acceptors (Lipinski definition) is 5. The molecule has 0 aliphatic heterocycles. The molecule has 0 radical (unpaired) electrons. The number of aliphatic carboxylic acids is 1. The molecular weight excluding hydrogens is 372 g/mol. The zero-order valence-electron chi connectivity index (χ0n) is 13.0. The van der Waals surface area contributed by atoms with Gasteiger partial charge >= 0.3 is 5.97 Å². The van der Waals surface area contributed by atoms with E-state index < -0.39 is 28.8 Å². The minimum absolute atomic E-state index is 0. The third-order valence-electron chi connectivity index (χ3n) is 3.53. The van der Waals surface area contributed by atoms with E-state index in [2.05, 4.69) is 10.1 Å².